The molecule has 19 heavy (non-hydrogen) atoms. The summed E-state index contributed by atoms with van der Waals surface area (Å²) in [6, 6.07) is 11.5. The summed E-state index contributed by atoms with van der Waals surface area (Å²) in [6.07, 6.45) is 2.61. The van der Waals surface area contributed by atoms with Crippen LogP contribution in [0.3, 0.4) is 0 Å². The molecule has 2 atom stereocenters. The Labute approximate surface area is 115 Å². The first-order valence-electron chi connectivity index (χ1n) is 7.22. The number of hydrogen-bond acceptors (Lipinski definition) is 3. The van der Waals surface area contributed by atoms with E-state index in [1.807, 2.05) is 0 Å². The van der Waals surface area contributed by atoms with Crippen LogP contribution in [0.15, 0.2) is 24.3 Å². The Balaban J connectivity index is 1.78. The van der Waals surface area contributed by atoms with Gasteiger partial charge in [-0.2, -0.15) is 5.26 Å². The average molecular weight is 255 g/mol. The van der Waals surface area contributed by atoms with E-state index in [1.54, 1.807) is 0 Å². The van der Waals surface area contributed by atoms with Gasteiger partial charge in [0.2, 0.25) is 0 Å². The molecule has 2 aliphatic heterocycles. The fourth-order valence-electron chi connectivity index (χ4n) is 3.46. The van der Waals surface area contributed by atoms with E-state index in [0.717, 1.165) is 25.2 Å². The topological polar surface area (TPSA) is 30.3 Å². The second-order valence-corrected chi connectivity index (χ2v) is 5.77. The number of hydrogen-bond donors (Lipinski definition) is 0. The number of nitriles is 1. The first-order chi connectivity index (χ1) is 9.28. The van der Waals surface area contributed by atoms with Crippen molar-refractivity contribution in [3.63, 3.8) is 0 Å². The molecule has 2 heterocycles. The van der Waals surface area contributed by atoms with Crippen LogP contribution < -0.4 is 0 Å². The van der Waals surface area contributed by atoms with Crippen molar-refractivity contribution in [2.24, 2.45) is 0 Å². The minimum Gasteiger partial charge on any atom is -0.298 e. The molecule has 1 aromatic rings. The molecule has 1 aromatic carbocycles. The second-order valence-electron chi connectivity index (χ2n) is 5.77. The molecule has 100 valence electrons. The highest BCUT2D eigenvalue weighted by Crippen LogP contribution is 2.28. The molecule has 0 amide bonds. The zero-order valence-corrected chi connectivity index (χ0v) is 11.5. The van der Waals surface area contributed by atoms with Gasteiger partial charge in [-0.15, -0.1) is 0 Å². The van der Waals surface area contributed by atoms with Gasteiger partial charge in [-0.3, -0.25) is 9.80 Å². The van der Waals surface area contributed by atoms with Crippen LogP contribution in [0.2, 0.25) is 0 Å². The van der Waals surface area contributed by atoms with Crippen LogP contribution in [0.1, 0.15) is 30.0 Å². The number of nitrogens with zero attached hydrogens (tertiary/aromatic N) is 3. The lowest BCUT2D eigenvalue weighted by Crippen LogP contribution is -2.50. The molecule has 0 bridgehead atoms. The highest BCUT2D eigenvalue weighted by Gasteiger charge is 2.33. The second kappa shape index (κ2) is 5.32. The molecular weight excluding hydrogens is 234 g/mol. The van der Waals surface area contributed by atoms with Crippen LogP contribution in [0.5, 0.6) is 0 Å². The Kier molecular flexibility index (Phi) is 3.54. The van der Waals surface area contributed by atoms with E-state index in [9.17, 15) is 5.26 Å². The van der Waals surface area contributed by atoms with Crippen LogP contribution in [-0.4, -0.2) is 42.0 Å². The fourth-order valence-corrected chi connectivity index (χ4v) is 3.46. The van der Waals surface area contributed by atoms with E-state index in [1.165, 1.54) is 24.9 Å². The van der Waals surface area contributed by atoms with Gasteiger partial charge in [-0.1, -0.05) is 29.8 Å². The van der Waals surface area contributed by atoms with Crippen LogP contribution >= 0.6 is 0 Å². The smallest absolute Gasteiger partial charge is 0.123 e. The maximum absolute atomic E-state index is 9.56. The predicted octanol–water partition coefficient (Wildman–Crippen LogP) is 2.34. The van der Waals surface area contributed by atoms with E-state index in [-0.39, 0.29) is 6.04 Å². The van der Waals surface area contributed by atoms with Crippen molar-refractivity contribution in [3.8, 4) is 6.07 Å². The number of fused-ring (bicyclic) bond motifs is 1. The first kappa shape index (κ1) is 12.7. The predicted molar refractivity (Wildman–Crippen MR) is 75.7 cm³/mol. The van der Waals surface area contributed by atoms with Gasteiger partial charge in [0.05, 0.1) is 6.07 Å². The van der Waals surface area contributed by atoms with E-state index in [4.69, 9.17) is 0 Å². The molecule has 0 aromatic heterocycles. The molecule has 2 saturated heterocycles. The summed E-state index contributed by atoms with van der Waals surface area (Å²) in [7, 11) is 0. The van der Waals surface area contributed by atoms with Gasteiger partial charge in [0.1, 0.15) is 6.04 Å². The van der Waals surface area contributed by atoms with Gasteiger partial charge in [0, 0.05) is 25.7 Å². The van der Waals surface area contributed by atoms with Crippen molar-refractivity contribution in [1.82, 2.24) is 9.80 Å². The monoisotopic (exact) mass is 255 g/mol. The normalized spacial score (nSPS) is 25.8. The van der Waals surface area contributed by atoms with Crippen LogP contribution in [0.4, 0.5) is 0 Å². The van der Waals surface area contributed by atoms with Crippen molar-refractivity contribution >= 4 is 0 Å². The zero-order valence-electron chi connectivity index (χ0n) is 11.5. The van der Waals surface area contributed by atoms with Crippen molar-refractivity contribution in [2.45, 2.75) is 31.8 Å². The maximum atomic E-state index is 9.56. The Morgan fingerprint density at radius 3 is 3.00 bits per heavy atom. The maximum Gasteiger partial charge on any atom is 0.123 e. The van der Waals surface area contributed by atoms with Gasteiger partial charge < -0.3 is 0 Å². The van der Waals surface area contributed by atoms with Crippen molar-refractivity contribution in [2.75, 3.05) is 26.2 Å². The van der Waals surface area contributed by atoms with Gasteiger partial charge in [-0.05, 0) is 31.9 Å². The summed E-state index contributed by atoms with van der Waals surface area (Å²) in [5.41, 5.74) is 2.38. The van der Waals surface area contributed by atoms with Gasteiger partial charge in [-0.25, -0.2) is 0 Å². The van der Waals surface area contributed by atoms with E-state index in [2.05, 4.69) is 47.1 Å². The Morgan fingerprint density at radius 2 is 2.21 bits per heavy atom. The standard InChI is InChI=1S/C16H21N3/c1-13-4-2-5-14(10-13)16(11-17)19-9-8-18-7-3-6-15(18)12-19/h2,4-5,10,15-16H,3,6-9,12H2,1H3. The molecular formula is C16H21N3. The number of aryl methyl sites for hydroxylation is 1. The molecule has 3 nitrogen and oxygen atoms in total. The lowest BCUT2D eigenvalue weighted by molar-refractivity contribution is 0.0876. The SMILES string of the molecule is Cc1cccc(C(C#N)N2CCN3CCCC3C2)c1. The van der Waals surface area contributed by atoms with Gasteiger partial charge in [0.15, 0.2) is 0 Å². The summed E-state index contributed by atoms with van der Waals surface area (Å²) in [4.78, 5) is 4.95. The lowest BCUT2D eigenvalue weighted by atomic mass is 10.0. The molecule has 3 rings (SSSR count). The molecule has 2 unspecified atom stereocenters. The van der Waals surface area contributed by atoms with E-state index >= 15 is 0 Å². The highest BCUT2D eigenvalue weighted by atomic mass is 15.3. The summed E-state index contributed by atoms with van der Waals surface area (Å²) >= 11 is 0. The lowest BCUT2D eigenvalue weighted by Gasteiger charge is -2.39. The van der Waals surface area contributed by atoms with Gasteiger partial charge in [0.25, 0.3) is 0 Å². The van der Waals surface area contributed by atoms with Crippen molar-refractivity contribution in [3.05, 3.63) is 35.4 Å². The molecule has 2 fully saturated rings. The molecule has 0 spiro atoms. The van der Waals surface area contributed by atoms with Crippen molar-refractivity contribution in [1.29, 1.82) is 5.26 Å². The quantitative estimate of drug-likeness (QED) is 0.812. The molecule has 0 radical (unpaired) electrons. The zero-order chi connectivity index (χ0) is 13.2. The minimum absolute atomic E-state index is 0.0809. The third kappa shape index (κ3) is 2.51. The molecule has 2 aliphatic rings. The number of rotatable bonds is 2. The third-order valence-electron chi connectivity index (χ3n) is 4.46. The third-order valence-corrected chi connectivity index (χ3v) is 4.46. The Bertz CT molecular complexity index is 491. The van der Waals surface area contributed by atoms with Crippen LogP contribution in [0, 0.1) is 18.3 Å². The summed E-state index contributed by atoms with van der Waals surface area (Å²) in [5.74, 6) is 0. The molecule has 3 heteroatoms. The van der Waals surface area contributed by atoms with E-state index < -0.39 is 0 Å². The number of benzene rings is 1. The number of piperazine rings is 1. The molecule has 0 aliphatic carbocycles. The first-order valence-corrected chi connectivity index (χ1v) is 7.22. The van der Waals surface area contributed by atoms with Crippen molar-refractivity contribution < 1.29 is 0 Å². The van der Waals surface area contributed by atoms with Crippen LogP contribution in [0.25, 0.3) is 0 Å². The van der Waals surface area contributed by atoms with E-state index in [0.29, 0.717) is 6.04 Å². The minimum atomic E-state index is -0.0809. The molecule has 0 saturated carbocycles. The summed E-state index contributed by atoms with van der Waals surface area (Å²) in [5, 5.41) is 9.56. The summed E-state index contributed by atoms with van der Waals surface area (Å²) < 4.78 is 0. The van der Waals surface area contributed by atoms with Crippen LogP contribution in [-0.2, 0) is 0 Å². The Morgan fingerprint density at radius 1 is 1.32 bits per heavy atom. The fraction of sp³-hybridized carbons (Fsp3) is 0.562. The summed E-state index contributed by atoms with van der Waals surface area (Å²) in [6.45, 7) is 6.52. The molecule has 0 N–H and O–H groups in total. The largest absolute Gasteiger partial charge is 0.298 e. The Hall–Kier alpha value is -1.37. The average Bonchev–Trinajstić information content (AvgIpc) is 2.87. The van der Waals surface area contributed by atoms with Gasteiger partial charge >= 0.3 is 0 Å². The highest BCUT2D eigenvalue weighted by molar-refractivity contribution is 5.29.